The number of aromatic nitrogens is 2. The number of benzene rings is 1. The fourth-order valence-electron chi connectivity index (χ4n) is 1.76. The molecule has 0 unspecified atom stereocenters. The van der Waals surface area contributed by atoms with E-state index in [1.54, 1.807) is 26.6 Å². The summed E-state index contributed by atoms with van der Waals surface area (Å²) in [5.41, 5.74) is 1.65. The molecule has 0 aliphatic heterocycles. The van der Waals surface area contributed by atoms with Crippen molar-refractivity contribution in [1.82, 2.24) is 9.55 Å². The lowest BCUT2D eigenvalue weighted by Crippen LogP contribution is -2.03. The SMILES string of the molecule is COc1cccc(-n2ccnc2)c1[C@@H](C)O. The smallest absolute Gasteiger partial charge is 0.126 e. The van der Waals surface area contributed by atoms with Crippen molar-refractivity contribution < 1.29 is 9.84 Å². The number of hydrogen-bond acceptors (Lipinski definition) is 3. The molecule has 0 spiro atoms. The van der Waals surface area contributed by atoms with E-state index in [9.17, 15) is 5.11 Å². The third-order valence-corrected chi connectivity index (χ3v) is 2.46. The number of rotatable bonds is 3. The summed E-state index contributed by atoms with van der Waals surface area (Å²) >= 11 is 0. The Hall–Kier alpha value is -1.81. The molecule has 0 aliphatic rings. The predicted molar refractivity (Wildman–Crippen MR) is 60.7 cm³/mol. The predicted octanol–water partition coefficient (Wildman–Crippen LogP) is 1.93. The largest absolute Gasteiger partial charge is 0.496 e. The maximum Gasteiger partial charge on any atom is 0.126 e. The van der Waals surface area contributed by atoms with Gasteiger partial charge in [-0.25, -0.2) is 4.98 Å². The van der Waals surface area contributed by atoms with Crippen LogP contribution in [-0.4, -0.2) is 21.8 Å². The molecule has 0 bridgehead atoms. The van der Waals surface area contributed by atoms with Gasteiger partial charge in [0.2, 0.25) is 0 Å². The average Bonchev–Trinajstić information content (AvgIpc) is 2.81. The van der Waals surface area contributed by atoms with Crippen LogP contribution >= 0.6 is 0 Å². The highest BCUT2D eigenvalue weighted by atomic mass is 16.5. The highest BCUT2D eigenvalue weighted by Gasteiger charge is 2.14. The minimum atomic E-state index is -0.589. The van der Waals surface area contributed by atoms with E-state index in [4.69, 9.17) is 4.74 Å². The van der Waals surface area contributed by atoms with E-state index in [2.05, 4.69) is 4.98 Å². The van der Waals surface area contributed by atoms with Gasteiger partial charge >= 0.3 is 0 Å². The van der Waals surface area contributed by atoms with Crippen molar-refractivity contribution >= 4 is 0 Å². The van der Waals surface area contributed by atoms with Crippen LogP contribution in [0, 0.1) is 0 Å². The maximum atomic E-state index is 9.80. The van der Waals surface area contributed by atoms with E-state index in [1.807, 2.05) is 29.0 Å². The highest BCUT2D eigenvalue weighted by Crippen LogP contribution is 2.30. The molecule has 0 fully saturated rings. The van der Waals surface area contributed by atoms with Gasteiger partial charge in [0.1, 0.15) is 5.75 Å². The third kappa shape index (κ3) is 1.79. The van der Waals surface area contributed by atoms with Crippen molar-refractivity contribution in [1.29, 1.82) is 0 Å². The van der Waals surface area contributed by atoms with Crippen molar-refractivity contribution in [3.63, 3.8) is 0 Å². The first-order chi connectivity index (χ1) is 7.74. The Morgan fingerprint density at radius 3 is 2.81 bits per heavy atom. The summed E-state index contributed by atoms with van der Waals surface area (Å²) < 4.78 is 7.10. The van der Waals surface area contributed by atoms with Crippen LogP contribution in [0.4, 0.5) is 0 Å². The van der Waals surface area contributed by atoms with Crippen LogP contribution in [0.3, 0.4) is 0 Å². The van der Waals surface area contributed by atoms with Crippen molar-refractivity contribution in [2.24, 2.45) is 0 Å². The third-order valence-electron chi connectivity index (χ3n) is 2.46. The van der Waals surface area contributed by atoms with Gasteiger partial charge in [0.05, 0.1) is 25.2 Å². The first-order valence-corrected chi connectivity index (χ1v) is 5.07. The molecule has 1 atom stereocenters. The minimum absolute atomic E-state index is 0.589. The fraction of sp³-hybridized carbons (Fsp3) is 0.250. The number of aliphatic hydroxyl groups excluding tert-OH is 1. The van der Waals surface area contributed by atoms with Gasteiger partial charge in [-0.3, -0.25) is 0 Å². The summed E-state index contributed by atoms with van der Waals surface area (Å²) in [6.07, 6.45) is 4.64. The van der Waals surface area contributed by atoms with Gasteiger partial charge in [-0.15, -0.1) is 0 Å². The summed E-state index contributed by atoms with van der Waals surface area (Å²) in [5, 5.41) is 9.80. The van der Waals surface area contributed by atoms with Crippen molar-refractivity contribution in [2.75, 3.05) is 7.11 Å². The molecule has 1 aromatic heterocycles. The highest BCUT2D eigenvalue weighted by molar-refractivity contribution is 5.50. The van der Waals surface area contributed by atoms with Crippen LogP contribution < -0.4 is 4.74 Å². The second kappa shape index (κ2) is 4.37. The number of hydrogen-bond donors (Lipinski definition) is 1. The summed E-state index contributed by atoms with van der Waals surface area (Å²) in [6.45, 7) is 1.72. The summed E-state index contributed by atoms with van der Waals surface area (Å²) in [6, 6.07) is 5.65. The average molecular weight is 218 g/mol. The minimum Gasteiger partial charge on any atom is -0.496 e. The van der Waals surface area contributed by atoms with E-state index in [1.165, 1.54) is 0 Å². The topological polar surface area (TPSA) is 47.3 Å². The monoisotopic (exact) mass is 218 g/mol. The maximum absolute atomic E-state index is 9.80. The van der Waals surface area contributed by atoms with E-state index in [-0.39, 0.29) is 0 Å². The molecular weight excluding hydrogens is 204 g/mol. The van der Waals surface area contributed by atoms with Crippen LogP contribution in [0.1, 0.15) is 18.6 Å². The van der Waals surface area contributed by atoms with Gasteiger partial charge in [0.15, 0.2) is 0 Å². The lowest BCUT2D eigenvalue weighted by molar-refractivity contribution is 0.194. The van der Waals surface area contributed by atoms with E-state index in [0.717, 1.165) is 11.3 Å². The summed E-state index contributed by atoms with van der Waals surface area (Å²) in [5.74, 6) is 0.682. The normalized spacial score (nSPS) is 12.4. The molecule has 0 radical (unpaired) electrons. The van der Waals surface area contributed by atoms with Crippen molar-refractivity contribution in [3.8, 4) is 11.4 Å². The van der Waals surface area contributed by atoms with Crippen LogP contribution in [0.25, 0.3) is 5.69 Å². The number of methoxy groups -OCH3 is 1. The van der Waals surface area contributed by atoms with Crippen molar-refractivity contribution in [3.05, 3.63) is 42.5 Å². The molecule has 0 saturated heterocycles. The Kier molecular flexibility index (Phi) is 2.92. The Balaban J connectivity index is 2.61. The van der Waals surface area contributed by atoms with Gasteiger partial charge in [0, 0.05) is 18.0 Å². The second-order valence-corrected chi connectivity index (χ2v) is 3.54. The fourth-order valence-corrected chi connectivity index (χ4v) is 1.76. The molecule has 1 N–H and O–H groups in total. The lowest BCUT2D eigenvalue weighted by atomic mass is 10.1. The molecule has 1 heterocycles. The Bertz CT molecular complexity index is 464. The molecule has 4 nitrogen and oxygen atoms in total. The van der Waals surface area contributed by atoms with Gasteiger partial charge in [0.25, 0.3) is 0 Å². The number of aliphatic hydroxyl groups is 1. The molecule has 4 heteroatoms. The molecule has 16 heavy (non-hydrogen) atoms. The standard InChI is InChI=1S/C12H14N2O2/c1-9(15)12-10(14-7-6-13-8-14)4-3-5-11(12)16-2/h3-9,15H,1-2H3/t9-/m1/s1. The van der Waals surface area contributed by atoms with Gasteiger partial charge < -0.3 is 14.4 Å². The van der Waals surface area contributed by atoms with E-state index < -0.39 is 6.10 Å². The first-order valence-electron chi connectivity index (χ1n) is 5.07. The van der Waals surface area contributed by atoms with E-state index in [0.29, 0.717) is 5.75 Å². The zero-order valence-electron chi connectivity index (χ0n) is 9.29. The van der Waals surface area contributed by atoms with Gasteiger partial charge in [-0.1, -0.05) is 6.07 Å². The molecule has 0 amide bonds. The second-order valence-electron chi connectivity index (χ2n) is 3.54. The number of ether oxygens (including phenoxy) is 1. The van der Waals surface area contributed by atoms with Crippen LogP contribution in [0.15, 0.2) is 36.9 Å². The van der Waals surface area contributed by atoms with Crippen LogP contribution in [0.5, 0.6) is 5.75 Å². The van der Waals surface area contributed by atoms with Crippen LogP contribution in [0.2, 0.25) is 0 Å². The molecule has 0 aliphatic carbocycles. The first kappa shape index (κ1) is 10.7. The molecule has 84 valence electrons. The zero-order valence-corrected chi connectivity index (χ0v) is 9.29. The molecule has 2 aromatic rings. The number of imidazole rings is 1. The summed E-state index contributed by atoms with van der Waals surface area (Å²) in [7, 11) is 1.60. The Morgan fingerprint density at radius 2 is 2.25 bits per heavy atom. The summed E-state index contributed by atoms with van der Waals surface area (Å²) in [4.78, 5) is 4.00. The lowest BCUT2D eigenvalue weighted by Gasteiger charge is -2.16. The quantitative estimate of drug-likeness (QED) is 0.856. The molecule has 1 aromatic carbocycles. The molecule has 0 saturated carbocycles. The van der Waals surface area contributed by atoms with Crippen molar-refractivity contribution in [2.45, 2.75) is 13.0 Å². The Morgan fingerprint density at radius 1 is 1.44 bits per heavy atom. The molecule has 2 rings (SSSR count). The number of nitrogens with zero attached hydrogens (tertiary/aromatic N) is 2. The zero-order chi connectivity index (χ0) is 11.5. The van der Waals surface area contributed by atoms with E-state index >= 15 is 0 Å². The molecular formula is C12H14N2O2. The van der Waals surface area contributed by atoms with Crippen LogP contribution in [-0.2, 0) is 0 Å². The Labute approximate surface area is 94.1 Å². The van der Waals surface area contributed by atoms with Gasteiger partial charge in [-0.2, -0.15) is 0 Å². The van der Waals surface area contributed by atoms with Gasteiger partial charge in [-0.05, 0) is 19.1 Å².